The highest BCUT2D eigenvalue weighted by Gasteiger charge is 2.30. The average Bonchev–Trinajstić information content (AvgIpc) is 2.72. The van der Waals surface area contributed by atoms with Crippen LogP contribution in [0.5, 0.6) is 0 Å². The zero-order valence-corrected chi connectivity index (χ0v) is 18.9. The van der Waals surface area contributed by atoms with E-state index in [-0.39, 0.29) is 34.8 Å². The standard InChI is InChI=1S/C22H28O6S2/c1-17-7-11-21(12-8-17)29(23,24)27-15-19-5-3-4-6-20(19)16-28-30(25,26)22-13-9-18(2)10-14-22/h7-14,19-20H,3-6,15-16H2,1-2H3. The van der Waals surface area contributed by atoms with Crippen molar-refractivity contribution in [2.75, 3.05) is 13.2 Å². The molecule has 0 aliphatic heterocycles. The lowest BCUT2D eigenvalue weighted by atomic mass is 9.80. The van der Waals surface area contributed by atoms with Gasteiger partial charge in [-0.3, -0.25) is 8.37 Å². The van der Waals surface area contributed by atoms with Crippen molar-refractivity contribution >= 4 is 20.2 Å². The van der Waals surface area contributed by atoms with Crippen LogP contribution in [0.3, 0.4) is 0 Å². The molecular formula is C22H28O6S2. The van der Waals surface area contributed by atoms with Gasteiger partial charge in [0, 0.05) is 0 Å². The SMILES string of the molecule is Cc1ccc(S(=O)(=O)OCC2CCCCC2COS(=O)(=O)c2ccc(C)cc2)cc1. The third-order valence-electron chi connectivity index (χ3n) is 5.56. The lowest BCUT2D eigenvalue weighted by molar-refractivity contribution is 0.110. The molecule has 2 aromatic rings. The molecule has 1 aliphatic carbocycles. The van der Waals surface area contributed by atoms with E-state index in [1.165, 1.54) is 24.3 Å². The first-order valence-corrected chi connectivity index (χ1v) is 12.9. The molecule has 1 saturated carbocycles. The van der Waals surface area contributed by atoms with Crippen molar-refractivity contribution in [3.8, 4) is 0 Å². The van der Waals surface area contributed by atoms with Gasteiger partial charge in [0.2, 0.25) is 0 Å². The Bertz CT molecular complexity index is 954. The number of rotatable bonds is 8. The lowest BCUT2D eigenvalue weighted by Crippen LogP contribution is -2.29. The number of aryl methyl sites for hydroxylation is 2. The molecule has 0 saturated heterocycles. The molecule has 0 spiro atoms. The van der Waals surface area contributed by atoms with Crippen LogP contribution in [-0.4, -0.2) is 30.0 Å². The summed E-state index contributed by atoms with van der Waals surface area (Å²) in [5.74, 6) is -0.153. The van der Waals surface area contributed by atoms with E-state index in [0.717, 1.165) is 36.8 Å². The van der Waals surface area contributed by atoms with Crippen molar-refractivity contribution in [3.05, 3.63) is 59.7 Å². The molecule has 8 heteroatoms. The summed E-state index contributed by atoms with van der Waals surface area (Å²) in [5.41, 5.74) is 1.93. The van der Waals surface area contributed by atoms with E-state index in [0.29, 0.717) is 0 Å². The van der Waals surface area contributed by atoms with Gasteiger partial charge in [0.05, 0.1) is 23.0 Å². The molecule has 0 radical (unpaired) electrons. The molecular weight excluding hydrogens is 424 g/mol. The summed E-state index contributed by atoms with van der Waals surface area (Å²) in [6.07, 6.45) is 3.48. The smallest absolute Gasteiger partial charge is 0.266 e. The molecule has 3 rings (SSSR count). The maximum atomic E-state index is 12.5. The second-order valence-corrected chi connectivity index (χ2v) is 11.1. The van der Waals surface area contributed by atoms with Gasteiger partial charge in [0.25, 0.3) is 20.2 Å². The van der Waals surface area contributed by atoms with Crippen molar-refractivity contribution in [2.24, 2.45) is 11.8 Å². The zero-order chi connectivity index (χ0) is 21.8. The van der Waals surface area contributed by atoms with Gasteiger partial charge in [-0.15, -0.1) is 0 Å². The van der Waals surface area contributed by atoms with Crippen molar-refractivity contribution in [1.29, 1.82) is 0 Å². The minimum absolute atomic E-state index is 0.0226. The van der Waals surface area contributed by atoms with Crippen molar-refractivity contribution in [2.45, 2.75) is 49.3 Å². The molecule has 0 heterocycles. The minimum Gasteiger partial charge on any atom is -0.266 e. The molecule has 0 amide bonds. The van der Waals surface area contributed by atoms with E-state index in [9.17, 15) is 16.8 Å². The van der Waals surface area contributed by atoms with Gasteiger partial charge in [0.15, 0.2) is 0 Å². The minimum atomic E-state index is -3.85. The fraction of sp³-hybridized carbons (Fsp3) is 0.455. The summed E-state index contributed by atoms with van der Waals surface area (Å²) < 4.78 is 60.5. The van der Waals surface area contributed by atoms with Crippen LogP contribution in [0.15, 0.2) is 58.3 Å². The van der Waals surface area contributed by atoms with Crippen molar-refractivity contribution < 1.29 is 25.2 Å². The maximum absolute atomic E-state index is 12.5. The zero-order valence-electron chi connectivity index (χ0n) is 17.3. The molecule has 1 fully saturated rings. The van der Waals surface area contributed by atoms with Gasteiger partial charge in [-0.1, -0.05) is 48.2 Å². The lowest BCUT2D eigenvalue weighted by Gasteiger charge is -2.30. The predicted molar refractivity (Wildman–Crippen MR) is 114 cm³/mol. The van der Waals surface area contributed by atoms with Crippen LogP contribution in [0.1, 0.15) is 36.8 Å². The average molecular weight is 453 g/mol. The highest BCUT2D eigenvalue weighted by molar-refractivity contribution is 7.87. The molecule has 0 bridgehead atoms. The molecule has 1 aliphatic rings. The van der Waals surface area contributed by atoms with Crippen LogP contribution in [0.2, 0.25) is 0 Å². The summed E-state index contributed by atoms with van der Waals surface area (Å²) in [5, 5.41) is 0. The van der Waals surface area contributed by atoms with E-state index in [1.54, 1.807) is 24.3 Å². The summed E-state index contributed by atoms with van der Waals surface area (Å²) in [6, 6.07) is 13.0. The topological polar surface area (TPSA) is 86.7 Å². The second kappa shape index (κ2) is 9.60. The Morgan fingerprint density at radius 2 is 1.00 bits per heavy atom. The van der Waals surface area contributed by atoms with Crippen molar-refractivity contribution in [1.82, 2.24) is 0 Å². The molecule has 6 nitrogen and oxygen atoms in total. The predicted octanol–water partition coefficient (Wildman–Crippen LogP) is 4.22. The van der Waals surface area contributed by atoms with Gasteiger partial charge in [-0.2, -0.15) is 16.8 Å². The van der Waals surface area contributed by atoms with Crippen molar-refractivity contribution in [3.63, 3.8) is 0 Å². The quantitative estimate of drug-likeness (QED) is 0.558. The van der Waals surface area contributed by atoms with Gasteiger partial charge in [-0.05, 0) is 62.8 Å². The molecule has 0 N–H and O–H groups in total. The van der Waals surface area contributed by atoms with Crippen LogP contribution >= 0.6 is 0 Å². The molecule has 2 aromatic carbocycles. The normalized spacial score (nSPS) is 20.2. The third kappa shape index (κ3) is 5.91. The first kappa shape index (κ1) is 22.9. The number of benzene rings is 2. The summed E-state index contributed by atoms with van der Waals surface area (Å²) in [6.45, 7) is 3.81. The van der Waals surface area contributed by atoms with Crippen LogP contribution < -0.4 is 0 Å². The Kier molecular flexibility index (Phi) is 7.34. The van der Waals surface area contributed by atoms with Gasteiger partial charge >= 0.3 is 0 Å². The maximum Gasteiger partial charge on any atom is 0.296 e. The third-order valence-corrected chi connectivity index (χ3v) is 8.15. The summed E-state index contributed by atoms with van der Waals surface area (Å²) >= 11 is 0. The summed E-state index contributed by atoms with van der Waals surface area (Å²) in [4.78, 5) is 0.248. The van der Waals surface area contributed by atoms with E-state index in [4.69, 9.17) is 8.37 Å². The fourth-order valence-corrected chi connectivity index (χ4v) is 5.54. The summed E-state index contributed by atoms with van der Waals surface area (Å²) in [7, 11) is -7.70. The van der Waals surface area contributed by atoms with E-state index >= 15 is 0 Å². The van der Waals surface area contributed by atoms with Crippen LogP contribution in [0, 0.1) is 25.7 Å². The van der Waals surface area contributed by atoms with Crippen LogP contribution in [0.25, 0.3) is 0 Å². The van der Waals surface area contributed by atoms with E-state index in [1.807, 2.05) is 13.8 Å². The Balaban J connectivity index is 1.62. The Morgan fingerprint density at radius 3 is 1.33 bits per heavy atom. The van der Waals surface area contributed by atoms with Gasteiger partial charge in [-0.25, -0.2) is 0 Å². The highest BCUT2D eigenvalue weighted by atomic mass is 32.2. The van der Waals surface area contributed by atoms with Crippen LogP contribution in [-0.2, 0) is 28.6 Å². The first-order chi connectivity index (χ1) is 14.2. The Hall–Kier alpha value is -1.74. The van der Waals surface area contributed by atoms with E-state index < -0.39 is 20.2 Å². The largest absolute Gasteiger partial charge is 0.296 e. The molecule has 30 heavy (non-hydrogen) atoms. The molecule has 164 valence electrons. The van der Waals surface area contributed by atoms with Gasteiger partial charge < -0.3 is 0 Å². The van der Waals surface area contributed by atoms with E-state index in [2.05, 4.69) is 0 Å². The first-order valence-electron chi connectivity index (χ1n) is 10.1. The second-order valence-electron chi connectivity index (χ2n) is 7.91. The Labute approximate surface area is 179 Å². The number of hydrogen-bond donors (Lipinski definition) is 0. The van der Waals surface area contributed by atoms with Crippen LogP contribution in [0.4, 0.5) is 0 Å². The fourth-order valence-electron chi connectivity index (χ4n) is 3.62. The molecule has 2 unspecified atom stereocenters. The molecule has 0 aromatic heterocycles. The highest BCUT2D eigenvalue weighted by Crippen LogP contribution is 2.32. The Morgan fingerprint density at radius 1 is 0.667 bits per heavy atom. The molecule has 2 atom stereocenters. The monoisotopic (exact) mass is 452 g/mol. The van der Waals surface area contributed by atoms with Gasteiger partial charge in [0.1, 0.15) is 0 Å². The number of hydrogen-bond acceptors (Lipinski definition) is 6.